The van der Waals surface area contributed by atoms with Crippen LogP contribution in [0.25, 0.3) is 0 Å². The summed E-state index contributed by atoms with van der Waals surface area (Å²) in [5.41, 5.74) is -2.38. The van der Waals surface area contributed by atoms with Crippen LogP contribution in [0.2, 0.25) is 0 Å². The Bertz CT molecular complexity index is 408. The summed E-state index contributed by atoms with van der Waals surface area (Å²) in [4.78, 5) is 24.2. The van der Waals surface area contributed by atoms with Gasteiger partial charge in [0.2, 0.25) is 5.91 Å². The minimum atomic E-state index is -1.04. The summed E-state index contributed by atoms with van der Waals surface area (Å²) >= 11 is 0. The third-order valence-electron chi connectivity index (χ3n) is 5.43. The topological polar surface area (TPSA) is 78.4 Å². The number of nitrogens with one attached hydrogen (secondary N) is 2. The van der Waals surface area contributed by atoms with Gasteiger partial charge in [0.15, 0.2) is 0 Å². The first-order valence-corrected chi connectivity index (χ1v) is 7.69. The second-order valence-electron chi connectivity index (χ2n) is 7.77. The van der Waals surface area contributed by atoms with Crippen molar-refractivity contribution in [2.24, 2.45) is 16.7 Å². The molecule has 5 nitrogen and oxygen atoms in total. The number of carbonyl (C=O) groups is 2. The van der Waals surface area contributed by atoms with Crippen LogP contribution in [0.3, 0.4) is 0 Å². The molecule has 3 N–H and O–H groups in total. The molecule has 1 rings (SSSR count). The maximum absolute atomic E-state index is 12.7. The van der Waals surface area contributed by atoms with Crippen LogP contribution in [0.5, 0.6) is 0 Å². The lowest BCUT2D eigenvalue weighted by molar-refractivity contribution is -0.152. The summed E-state index contributed by atoms with van der Waals surface area (Å²) < 4.78 is 0. The van der Waals surface area contributed by atoms with E-state index in [1.165, 1.54) is 0 Å². The van der Waals surface area contributed by atoms with Crippen molar-refractivity contribution in [2.75, 3.05) is 13.1 Å². The summed E-state index contributed by atoms with van der Waals surface area (Å²) in [5, 5.41) is 15.7. The number of carboxylic acids is 1. The molecule has 1 saturated heterocycles. The molecule has 1 atom stereocenters. The number of hydrogen-bond donors (Lipinski definition) is 3. The van der Waals surface area contributed by atoms with E-state index in [-0.39, 0.29) is 11.8 Å². The van der Waals surface area contributed by atoms with Crippen LogP contribution in [0.15, 0.2) is 0 Å². The predicted octanol–water partition coefficient (Wildman–Crippen LogP) is 2.02. The molecule has 0 aromatic heterocycles. The van der Waals surface area contributed by atoms with Gasteiger partial charge in [0.05, 0.1) is 5.41 Å². The molecule has 0 aromatic rings. The zero-order valence-electron chi connectivity index (χ0n) is 14.2. The van der Waals surface area contributed by atoms with Gasteiger partial charge in [-0.05, 0) is 59.5 Å². The van der Waals surface area contributed by atoms with E-state index < -0.39 is 22.3 Å². The van der Waals surface area contributed by atoms with Crippen molar-refractivity contribution in [1.82, 2.24) is 10.6 Å². The molecule has 1 heterocycles. The lowest BCUT2D eigenvalue weighted by Crippen LogP contribution is -2.60. The fourth-order valence-electron chi connectivity index (χ4n) is 2.52. The molecule has 0 saturated carbocycles. The molecule has 1 aliphatic rings. The SMILES string of the molecule is CC(C)(C(=O)NC(C)(C)C(C)(C)C(=O)O)C1CCCNC1. The molecule has 122 valence electrons. The Morgan fingerprint density at radius 3 is 2.14 bits per heavy atom. The predicted molar refractivity (Wildman–Crippen MR) is 83.0 cm³/mol. The van der Waals surface area contributed by atoms with Crippen LogP contribution in [-0.2, 0) is 9.59 Å². The highest BCUT2D eigenvalue weighted by Crippen LogP contribution is 2.35. The zero-order chi connectivity index (χ0) is 16.5. The van der Waals surface area contributed by atoms with Crippen LogP contribution in [0.1, 0.15) is 54.4 Å². The van der Waals surface area contributed by atoms with Gasteiger partial charge in [0.25, 0.3) is 0 Å². The maximum atomic E-state index is 12.7. The van der Waals surface area contributed by atoms with Gasteiger partial charge in [-0.2, -0.15) is 0 Å². The first-order chi connectivity index (χ1) is 9.43. The number of carbonyl (C=O) groups excluding carboxylic acids is 1. The van der Waals surface area contributed by atoms with Crippen molar-refractivity contribution < 1.29 is 14.7 Å². The van der Waals surface area contributed by atoms with Crippen molar-refractivity contribution in [2.45, 2.75) is 59.9 Å². The maximum Gasteiger partial charge on any atom is 0.311 e. The number of rotatable bonds is 5. The highest BCUT2D eigenvalue weighted by atomic mass is 16.4. The number of piperidine rings is 1. The fourth-order valence-corrected chi connectivity index (χ4v) is 2.52. The van der Waals surface area contributed by atoms with Crippen molar-refractivity contribution >= 4 is 11.9 Å². The minimum Gasteiger partial charge on any atom is -0.481 e. The van der Waals surface area contributed by atoms with Crippen LogP contribution in [0.4, 0.5) is 0 Å². The molecule has 1 aliphatic heterocycles. The Kier molecular flexibility index (Phi) is 5.09. The summed E-state index contributed by atoms with van der Waals surface area (Å²) in [6.07, 6.45) is 2.10. The van der Waals surface area contributed by atoms with Gasteiger partial charge < -0.3 is 15.7 Å². The van der Waals surface area contributed by atoms with Gasteiger partial charge in [-0.25, -0.2) is 0 Å². The van der Waals surface area contributed by atoms with E-state index in [0.717, 1.165) is 25.9 Å². The van der Waals surface area contributed by atoms with E-state index in [1.54, 1.807) is 27.7 Å². The lowest BCUT2D eigenvalue weighted by atomic mass is 9.71. The zero-order valence-corrected chi connectivity index (χ0v) is 14.2. The summed E-state index contributed by atoms with van der Waals surface area (Å²) in [7, 11) is 0. The van der Waals surface area contributed by atoms with Gasteiger partial charge in [0.1, 0.15) is 0 Å². The van der Waals surface area contributed by atoms with E-state index >= 15 is 0 Å². The fraction of sp³-hybridized carbons (Fsp3) is 0.875. The molecule has 5 heteroatoms. The average molecular weight is 298 g/mol. The van der Waals surface area contributed by atoms with Crippen molar-refractivity contribution in [3.05, 3.63) is 0 Å². The van der Waals surface area contributed by atoms with E-state index in [4.69, 9.17) is 0 Å². The smallest absolute Gasteiger partial charge is 0.311 e. The van der Waals surface area contributed by atoms with Gasteiger partial charge in [-0.3, -0.25) is 9.59 Å². The van der Waals surface area contributed by atoms with Gasteiger partial charge in [-0.15, -0.1) is 0 Å². The average Bonchev–Trinajstić information content (AvgIpc) is 2.38. The molecule has 1 amide bonds. The highest BCUT2D eigenvalue weighted by Gasteiger charge is 2.47. The van der Waals surface area contributed by atoms with E-state index in [9.17, 15) is 14.7 Å². The second kappa shape index (κ2) is 5.95. The molecule has 21 heavy (non-hydrogen) atoms. The Hall–Kier alpha value is -1.10. The Balaban J connectivity index is 2.85. The molecule has 1 fully saturated rings. The van der Waals surface area contributed by atoms with E-state index in [0.29, 0.717) is 0 Å². The molecule has 0 aromatic carbocycles. The van der Waals surface area contributed by atoms with E-state index in [2.05, 4.69) is 10.6 Å². The molecule has 0 aliphatic carbocycles. The molecule has 1 unspecified atom stereocenters. The van der Waals surface area contributed by atoms with Gasteiger partial charge >= 0.3 is 5.97 Å². The van der Waals surface area contributed by atoms with Gasteiger partial charge in [-0.1, -0.05) is 13.8 Å². The first kappa shape index (κ1) is 18.0. The third kappa shape index (κ3) is 3.57. The monoisotopic (exact) mass is 298 g/mol. The molecular formula is C16H30N2O3. The first-order valence-electron chi connectivity index (χ1n) is 7.69. The summed E-state index contributed by atoms with van der Waals surface area (Å²) in [6.45, 7) is 12.6. The molecule has 0 bridgehead atoms. The van der Waals surface area contributed by atoms with E-state index in [1.807, 2.05) is 13.8 Å². The molecule has 0 spiro atoms. The van der Waals surface area contributed by atoms with Gasteiger partial charge in [0, 0.05) is 11.0 Å². The second-order valence-corrected chi connectivity index (χ2v) is 7.77. The number of carboxylic acid groups (broad SMARTS) is 1. The standard InChI is InChI=1S/C16H30N2O3/c1-14(2,11-8-7-9-17-10-11)12(19)18-16(5,6)15(3,4)13(20)21/h11,17H,7-10H2,1-6H3,(H,18,19)(H,20,21). The van der Waals surface area contributed by atoms with Crippen molar-refractivity contribution in [3.63, 3.8) is 0 Å². The largest absolute Gasteiger partial charge is 0.481 e. The van der Waals surface area contributed by atoms with Crippen molar-refractivity contribution in [3.8, 4) is 0 Å². The number of aliphatic carboxylic acids is 1. The Morgan fingerprint density at radius 2 is 1.71 bits per heavy atom. The highest BCUT2D eigenvalue weighted by molar-refractivity contribution is 5.84. The van der Waals surface area contributed by atoms with Crippen LogP contribution >= 0.6 is 0 Å². The third-order valence-corrected chi connectivity index (χ3v) is 5.43. The van der Waals surface area contributed by atoms with Crippen LogP contribution in [0, 0.1) is 16.7 Å². The summed E-state index contributed by atoms with van der Waals surface area (Å²) in [5.74, 6) is -0.713. The summed E-state index contributed by atoms with van der Waals surface area (Å²) in [6, 6.07) is 0. The quantitative estimate of drug-likeness (QED) is 0.725. The van der Waals surface area contributed by atoms with Crippen LogP contribution < -0.4 is 10.6 Å². The van der Waals surface area contributed by atoms with Crippen molar-refractivity contribution in [1.29, 1.82) is 0 Å². The Morgan fingerprint density at radius 1 is 1.14 bits per heavy atom. The Labute approximate surface area is 127 Å². The number of hydrogen-bond acceptors (Lipinski definition) is 3. The van der Waals surface area contributed by atoms with Crippen LogP contribution in [-0.4, -0.2) is 35.6 Å². The normalized spacial score (nSPS) is 21.0. The molecular weight excluding hydrogens is 268 g/mol. The molecule has 0 radical (unpaired) electrons. The lowest BCUT2D eigenvalue weighted by Gasteiger charge is -2.43. The number of amides is 1. The minimum absolute atomic E-state index is 0.0736.